The molecule has 28 heavy (non-hydrogen) atoms. The Morgan fingerprint density at radius 1 is 0.964 bits per heavy atom. The standard InChI is InChI=1S/C24H25NO3/c1-17-9-14-23(18(2)15-17)28-19(3)24(26)25-21-10-12-22(13-11-21)27-16-20-7-5-4-6-8-20/h4-15,19H,16H2,1-3H3,(H,25,26)/t19-/m1/s1. The van der Waals surface area contributed by atoms with E-state index in [0.717, 1.165) is 28.2 Å². The van der Waals surface area contributed by atoms with Crippen LogP contribution in [0, 0.1) is 13.8 Å². The largest absolute Gasteiger partial charge is 0.489 e. The molecule has 0 heterocycles. The van der Waals surface area contributed by atoms with Crippen LogP contribution in [0.2, 0.25) is 0 Å². The van der Waals surface area contributed by atoms with E-state index in [2.05, 4.69) is 5.32 Å². The number of amides is 1. The van der Waals surface area contributed by atoms with Crippen molar-refractivity contribution in [1.82, 2.24) is 0 Å². The van der Waals surface area contributed by atoms with Crippen LogP contribution in [0.3, 0.4) is 0 Å². The Labute approximate surface area is 166 Å². The van der Waals surface area contributed by atoms with Crippen molar-refractivity contribution in [2.75, 3.05) is 5.32 Å². The normalized spacial score (nSPS) is 11.5. The lowest BCUT2D eigenvalue weighted by Crippen LogP contribution is -2.30. The average Bonchev–Trinajstić information content (AvgIpc) is 2.70. The molecular weight excluding hydrogens is 350 g/mol. The van der Waals surface area contributed by atoms with E-state index < -0.39 is 6.10 Å². The number of hydrogen-bond acceptors (Lipinski definition) is 3. The van der Waals surface area contributed by atoms with Gasteiger partial charge in [-0.2, -0.15) is 0 Å². The fourth-order valence-corrected chi connectivity index (χ4v) is 2.79. The number of nitrogens with one attached hydrogen (secondary N) is 1. The number of aryl methyl sites for hydroxylation is 2. The van der Waals surface area contributed by atoms with Crippen molar-refractivity contribution in [3.63, 3.8) is 0 Å². The highest BCUT2D eigenvalue weighted by atomic mass is 16.5. The zero-order chi connectivity index (χ0) is 19.9. The molecule has 0 unspecified atom stereocenters. The Hall–Kier alpha value is -3.27. The summed E-state index contributed by atoms with van der Waals surface area (Å²) in [6.45, 7) is 6.25. The van der Waals surface area contributed by atoms with Crippen LogP contribution in [0.4, 0.5) is 5.69 Å². The predicted molar refractivity (Wildman–Crippen MR) is 112 cm³/mol. The summed E-state index contributed by atoms with van der Waals surface area (Å²) in [5.41, 5.74) is 3.99. The number of ether oxygens (including phenoxy) is 2. The second-order valence-corrected chi connectivity index (χ2v) is 6.82. The molecular formula is C24H25NO3. The molecule has 0 aromatic heterocycles. The van der Waals surface area contributed by atoms with Gasteiger partial charge in [-0.05, 0) is 62.2 Å². The summed E-state index contributed by atoms with van der Waals surface area (Å²) in [5.74, 6) is 1.28. The van der Waals surface area contributed by atoms with E-state index >= 15 is 0 Å². The predicted octanol–water partition coefficient (Wildman–Crippen LogP) is 5.29. The fraction of sp³-hybridized carbons (Fsp3) is 0.208. The van der Waals surface area contributed by atoms with E-state index in [-0.39, 0.29) is 5.91 Å². The molecule has 4 nitrogen and oxygen atoms in total. The smallest absolute Gasteiger partial charge is 0.265 e. The van der Waals surface area contributed by atoms with Gasteiger partial charge in [-0.3, -0.25) is 4.79 Å². The van der Waals surface area contributed by atoms with Gasteiger partial charge in [-0.15, -0.1) is 0 Å². The molecule has 0 spiro atoms. The topological polar surface area (TPSA) is 47.6 Å². The van der Waals surface area contributed by atoms with Crippen LogP contribution in [-0.2, 0) is 11.4 Å². The average molecular weight is 375 g/mol. The first-order valence-corrected chi connectivity index (χ1v) is 9.33. The lowest BCUT2D eigenvalue weighted by molar-refractivity contribution is -0.122. The summed E-state index contributed by atoms with van der Waals surface area (Å²) in [6.07, 6.45) is -0.601. The third-order valence-corrected chi connectivity index (χ3v) is 4.37. The van der Waals surface area contributed by atoms with Crippen molar-refractivity contribution in [1.29, 1.82) is 0 Å². The molecule has 0 fully saturated rings. The van der Waals surface area contributed by atoms with E-state index in [9.17, 15) is 4.79 Å². The first kappa shape index (κ1) is 19.5. The minimum absolute atomic E-state index is 0.196. The molecule has 0 aliphatic heterocycles. The van der Waals surface area contributed by atoms with Crippen LogP contribution in [0.1, 0.15) is 23.6 Å². The Morgan fingerprint density at radius 3 is 2.36 bits per heavy atom. The van der Waals surface area contributed by atoms with Crippen LogP contribution in [-0.4, -0.2) is 12.0 Å². The van der Waals surface area contributed by atoms with Gasteiger partial charge < -0.3 is 14.8 Å². The van der Waals surface area contributed by atoms with E-state index in [0.29, 0.717) is 12.3 Å². The van der Waals surface area contributed by atoms with Gasteiger partial charge in [0.2, 0.25) is 0 Å². The monoisotopic (exact) mass is 375 g/mol. The van der Waals surface area contributed by atoms with Crippen LogP contribution < -0.4 is 14.8 Å². The van der Waals surface area contributed by atoms with Crippen molar-refractivity contribution in [2.24, 2.45) is 0 Å². The highest BCUT2D eigenvalue weighted by Gasteiger charge is 2.16. The number of hydrogen-bond donors (Lipinski definition) is 1. The highest BCUT2D eigenvalue weighted by Crippen LogP contribution is 2.21. The molecule has 1 atom stereocenters. The van der Waals surface area contributed by atoms with Crippen molar-refractivity contribution in [2.45, 2.75) is 33.5 Å². The van der Waals surface area contributed by atoms with Gasteiger partial charge >= 0.3 is 0 Å². The van der Waals surface area contributed by atoms with Crippen LogP contribution in [0.25, 0.3) is 0 Å². The molecule has 0 saturated heterocycles. The van der Waals surface area contributed by atoms with Crippen molar-refractivity contribution < 1.29 is 14.3 Å². The Balaban J connectivity index is 1.53. The van der Waals surface area contributed by atoms with E-state index in [1.54, 1.807) is 6.92 Å². The summed E-state index contributed by atoms with van der Waals surface area (Å²) in [4.78, 5) is 12.4. The van der Waals surface area contributed by atoms with Gasteiger partial charge in [0.25, 0.3) is 5.91 Å². The van der Waals surface area contributed by atoms with Crippen molar-refractivity contribution >= 4 is 11.6 Å². The molecule has 3 aromatic carbocycles. The van der Waals surface area contributed by atoms with Crippen molar-refractivity contribution in [3.8, 4) is 11.5 Å². The molecule has 0 radical (unpaired) electrons. The van der Waals surface area contributed by atoms with Crippen molar-refractivity contribution in [3.05, 3.63) is 89.5 Å². The van der Waals surface area contributed by atoms with E-state index in [4.69, 9.17) is 9.47 Å². The molecule has 3 aromatic rings. The highest BCUT2D eigenvalue weighted by molar-refractivity contribution is 5.94. The third-order valence-electron chi connectivity index (χ3n) is 4.37. The summed E-state index contributed by atoms with van der Waals surface area (Å²) in [6, 6.07) is 23.2. The maximum atomic E-state index is 12.4. The first-order chi connectivity index (χ1) is 13.5. The molecule has 0 saturated carbocycles. The van der Waals surface area contributed by atoms with Gasteiger partial charge in [-0.1, -0.05) is 48.0 Å². The molecule has 1 N–H and O–H groups in total. The second-order valence-electron chi connectivity index (χ2n) is 6.82. The molecule has 0 aliphatic rings. The minimum Gasteiger partial charge on any atom is -0.489 e. The van der Waals surface area contributed by atoms with Gasteiger partial charge in [0, 0.05) is 5.69 Å². The van der Waals surface area contributed by atoms with Gasteiger partial charge in [0.05, 0.1) is 0 Å². The zero-order valence-corrected chi connectivity index (χ0v) is 16.4. The van der Waals surface area contributed by atoms with Crippen LogP contribution in [0.5, 0.6) is 11.5 Å². The maximum Gasteiger partial charge on any atom is 0.265 e. The lowest BCUT2D eigenvalue weighted by Gasteiger charge is -2.16. The number of rotatable bonds is 7. The van der Waals surface area contributed by atoms with Crippen LogP contribution in [0.15, 0.2) is 72.8 Å². The summed E-state index contributed by atoms with van der Waals surface area (Å²) < 4.78 is 11.6. The lowest BCUT2D eigenvalue weighted by atomic mass is 10.1. The Kier molecular flexibility index (Phi) is 6.33. The number of carbonyl (C=O) groups excluding carboxylic acids is 1. The molecule has 0 aliphatic carbocycles. The Morgan fingerprint density at radius 2 is 1.68 bits per heavy atom. The Bertz CT molecular complexity index is 920. The number of anilines is 1. The quantitative estimate of drug-likeness (QED) is 0.610. The second kappa shape index (κ2) is 9.09. The summed E-state index contributed by atoms with van der Waals surface area (Å²) >= 11 is 0. The molecule has 4 heteroatoms. The molecule has 144 valence electrons. The third kappa shape index (κ3) is 5.36. The van der Waals surface area contributed by atoms with Gasteiger partial charge in [0.1, 0.15) is 18.1 Å². The van der Waals surface area contributed by atoms with Gasteiger partial charge in [0.15, 0.2) is 6.10 Å². The summed E-state index contributed by atoms with van der Waals surface area (Å²) in [7, 11) is 0. The summed E-state index contributed by atoms with van der Waals surface area (Å²) in [5, 5.41) is 2.87. The SMILES string of the molecule is Cc1ccc(O[C@H](C)C(=O)Nc2ccc(OCc3ccccc3)cc2)c(C)c1. The van der Waals surface area contributed by atoms with Gasteiger partial charge in [-0.25, -0.2) is 0 Å². The number of carbonyl (C=O) groups is 1. The maximum absolute atomic E-state index is 12.4. The first-order valence-electron chi connectivity index (χ1n) is 9.33. The molecule has 0 bridgehead atoms. The zero-order valence-electron chi connectivity index (χ0n) is 16.4. The van der Waals surface area contributed by atoms with Crippen LogP contribution >= 0.6 is 0 Å². The minimum atomic E-state index is -0.601. The molecule has 1 amide bonds. The van der Waals surface area contributed by atoms with E-state index in [1.165, 1.54) is 0 Å². The number of benzene rings is 3. The fourth-order valence-electron chi connectivity index (χ4n) is 2.79. The van der Waals surface area contributed by atoms with E-state index in [1.807, 2.05) is 86.6 Å². The molecule has 3 rings (SSSR count).